The van der Waals surface area contributed by atoms with Crippen molar-refractivity contribution in [2.75, 3.05) is 22.2 Å². The third-order valence-corrected chi connectivity index (χ3v) is 7.25. The van der Waals surface area contributed by atoms with Crippen LogP contribution in [0.15, 0.2) is 36.5 Å². The number of amides is 2. The Bertz CT molecular complexity index is 1280. The minimum Gasteiger partial charge on any atom is -0.480 e. The molecule has 0 saturated heterocycles. The molecule has 1 aliphatic carbocycles. The van der Waals surface area contributed by atoms with Crippen molar-refractivity contribution < 1.29 is 24.2 Å². The van der Waals surface area contributed by atoms with E-state index < -0.39 is 23.7 Å². The highest BCUT2D eigenvalue weighted by Crippen LogP contribution is 2.40. The van der Waals surface area contributed by atoms with Gasteiger partial charge in [0, 0.05) is 18.8 Å². The normalized spacial score (nSPS) is 18.4. The predicted octanol–water partition coefficient (Wildman–Crippen LogP) is 5.11. The number of carbonyl (C=O) groups excluding carboxylic acids is 2. The van der Waals surface area contributed by atoms with Crippen LogP contribution < -0.4 is 20.4 Å². The Labute approximate surface area is 241 Å². The lowest BCUT2D eigenvalue weighted by Crippen LogP contribution is -2.55. The van der Waals surface area contributed by atoms with Crippen molar-refractivity contribution in [3.63, 3.8) is 0 Å². The number of hydrogen-bond donors (Lipinski definition) is 3. The molecular weight excluding hydrogens is 524 g/mol. The number of carbonyl (C=O) groups is 3. The van der Waals surface area contributed by atoms with Crippen molar-refractivity contribution in [2.24, 2.45) is 0 Å². The van der Waals surface area contributed by atoms with Crippen LogP contribution in [-0.2, 0) is 14.3 Å². The van der Waals surface area contributed by atoms with Crippen molar-refractivity contribution in [2.45, 2.75) is 89.9 Å². The molecule has 3 N–H and O–H groups in total. The first-order chi connectivity index (χ1) is 19.5. The molecule has 0 bridgehead atoms. The van der Waals surface area contributed by atoms with Crippen LogP contribution >= 0.6 is 0 Å². The minimum atomic E-state index is -1.14. The lowest BCUT2D eigenvalue weighted by Gasteiger charge is -2.43. The van der Waals surface area contributed by atoms with Crippen molar-refractivity contribution >= 4 is 47.2 Å². The van der Waals surface area contributed by atoms with E-state index in [2.05, 4.69) is 20.5 Å². The van der Waals surface area contributed by atoms with E-state index in [9.17, 15) is 19.5 Å². The number of hydrogen-bond acceptors (Lipinski definition) is 8. The Morgan fingerprint density at radius 2 is 1.88 bits per heavy atom. The zero-order chi connectivity index (χ0) is 29.7. The van der Waals surface area contributed by atoms with Gasteiger partial charge in [0.05, 0.1) is 6.20 Å². The van der Waals surface area contributed by atoms with E-state index in [0.717, 1.165) is 48.4 Å². The molecule has 0 spiro atoms. The number of nitrogens with one attached hydrogen (secondary N) is 2. The number of aromatic nitrogens is 2. The molecule has 2 amide bonds. The number of likely N-dealkylation sites (N-methyl/N-ethyl adjacent to an activating group) is 1. The Balaban J connectivity index is 1.43. The molecule has 220 valence electrons. The average Bonchev–Trinajstić information content (AvgIpc) is 3.44. The van der Waals surface area contributed by atoms with Crippen LogP contribution in [0, 0.1) is 0 Å². The lowest BCUT2D eigenvalue weighted by molar-refractivity contribution is -0.139. The molecule has 11 nitrogen and oxygen atoms in total. The van der Waals surface area contributed by atoms with Gasteiger partial charge in [-0.2, -0.15) is 4.98 Å². The molecule has 1 saturated carbocycles. The standard InChI is InChI=1S/C30H40N6O5/c1-6-23-26(37)35(5)24-18-31-28(34-25(24)36(23)21-11-7-8-12-21)32-20-16-14-19(15-17-20)10-9-13-22(27(38)39)33-29(40)41-30(2,3)4/h9-10,14-18,21-23H,6-8,11-13H2,1-5H3,(H,33,40)(H,38,39)(H,31,32,34)/b10-9+/t22-,23+/m0/s1. The third-order valence-electron chi connectivity index (χ3n) is 7.25. The van der Waals surface area contributed by atoms with E-state index in [-0.39, 0.29) is 18.4 Å². The Hall–Kier alpha value is -4.15. The summed E-state index contributed by atoms with van der Waals surface area (Å²) in [5, 5.41) is 15.1. The third kappa shape index (κ3) is 7.33. The summed E-state index contributed by atoms with van der Waals surface area (Å²) in [5.41, 5.74) is 1.66. The van der Waals surface area contributed by atoms with Gasteiger partial charge in [-0.05, 0) is 64.2 Å². The fourth-order valence-corrected chi connectivity index (χ4v) is 5.26. The molecule has 11 heteroatoms. The minimum absolute atomic E-state index is 0.0788. The van der Waals surface area contributed by atoms with Gasteiger partial charge in [-0.1, -0.05) is 44.1 Å². The maximum absolute atomic E-state index is 13.1. The molecular formula is C30H40N6O5. The fraction of sp³-hybridized carbons (Fsp3) is 0.500. The zero-order valence-electron chi connectivity index (χ0n) is 24.4. The van der Waals surface area contributed by atoms with E-state index >= 15 is 0 Å². The van der Waals surface area contributed by atoms with Gasteiger partial charge in [0.1, 0.15) is 23.4 Å². The summed E-state index contributed by atoms with van der Waals surface area (Å²) in [4.78, 5) is 49.8. The van der Waals surface area contributed by atoms with Gasteiger partial charge in [-0.15, -0.1) is 0 Å². The molecule has 1 aromatic heterocycles. The number of anilines is 4. The van der Waals surface area contributed by atoms with Gasteiger partial charge in [0.25, 0.3) is 0 Å². The largest absolute Gasteiger partial charge is 0.480 e. The van der Waals surface area contributed by atoms with Crippen LogP contribution in [0.5, 0.6) is 0 Å². The number of carboxylic acid groups (broad SMARTS) is 1. The number of carboxylic acids is 1. The highest BCUT2D eigenvalue weighted by Gasteiger charge is 2.41. The topological polar surface area (TPSA) is 137 Å². The Morgan fingerprint density at radius 1 is 1.20 bits per heavy atom. The molecule has 0 radical (unpaired) electrons. The second kappa shape index (κ2) is 12.6. The highest BCUT2D eigenvalue weighted by molar-refractivity contribution is 6.04. The quantitative estimate of drug-likeness (QED) is 0.380. The van der Waals surface area contributed by atoms with Crippen molar-refractivity contribution in [1.29, 1.82) is 0 Å². The smallest absolute Gasteiger partial charge is 0.408 e. The second-order valence-electron chi connectivity index (χ2n) is 11.5. The van der Waals surface area contributed by atoms with E-state index in [0.29, 0.717) is 18.4 Å². The zero-order valence-corrected chi connectivity index (χ0v) is 24.4. The van der Waals surface area contributed by atoms with Crippen LogP contribution in [0.2, 0.25) is 0 Å². The summed E-state index contributed by atoms with van der Waals surface area (Å²) >= 11 is 0. The molecule has 0 unspecified atom stereocenters. The summed E-state index contributed by atoms with van der Waals surface area (Å²) in [7, 11) is 1.78. The summed E-state index contributed by atoms with van der Waals surface area (Å²) in [6.45, 7) is 7.18. The fourth-order valence-electron chi connectivity index (χ4n) is 5.26. The van der Waals surface area contributed by atoms with Crippen molar-refractivity contribution in [3.05, 3.63) is 42.1 Å². The summed E-state index contributed by atoms with van der Waals surface area (Å²) < 4.78 is 5.15. The number of aliphatic carboxylic acids is 1. The lowest BCUT2D eigenvalue weighted by atomic mass is 10.0. The van der Waals surface area contributed by atoms with Crippen LogP contribution in [-0.4, -0.2) is 63.8 Å². The van der Waals surface area contributed by atoms with Crippen molar-refractivity contribution in [1.82, 2.24) is 15.3 Å². The first-order valence-electron chi connectivity index (χ1n) is 14.2. The average molecular weight is 565 g/mol. The first kappa shape index (κ1) is 29.8. The molecule has 4 rings (SSSR count). The molecule has 2 atom stereocenters. The monoisotopic (exact) mass is 564 g/mol. The molecule has 2 aromatic rings. The Morgan fingerprint density at radius 3 is 2.49 bits per heavy atom. The van der Waals surface area contributed by atoms with E-state index in [1.54, 1.807) is 51.1 Å². The SMILES string of the molecule is CC[C@@H]1C(=O)N(C)c2cnc(Nc3ccc(/C=C/C[C@H](NC(=O)OC(C)(C)C)C(=O)O)cc3)nc2N1C1CCCC1. The molecule has 1 aromatic carbocycles. The van der Waals surface area contributed by atoms with E-state index in [1.807, 2.05) is 31.2 Å². The van der Waals surface area contributed by atoms with Crippen LogP contribution in [0.1, 0.15) is 71.8 Å². The maximum atomic E-state index is 13.1. The molecule has 1 aliphatic heterocycles. The number of benzene rings is 1. The summed E-state index contributed by atoms with van der Waals surface area (Å²) in [5.74, 6) is 0.175. The molecule has 1 fully saturated rings. The van der Waals surface area contributed by atoms with Gasteiger partial charge in [0.15, 0.2) is 5.82 Å². The number of ether oxygens (including phenoxy) is 1. The van der Waals surface area contributed by atoms with Crippen LogP contribution in [0.25, 0.3) is 6.08 Å². The predicted molar refractivity (Wildman–Crippen MR) is 158 cm³/mol. The number of fused-ring (bicyclic) bond motifs is 1. The van der Waals surface area contributed by atoms with E-state index in [1.165, 1.54) is 0 Å². The summed E-state index contributed by atoms with van der Waals surface area (Å²) in [6, 6.07) is 6.51. The van der Waals surface area contributed by atoms with E-state index in [4.69, 9.17) is 9.72 Å². The van der Waals surface area contributed by atoms with Gasteiger partial charge in [0.2, 0.25) is 11.9 Å². The number of alkyl carbamates (subject to hydrolysis) is 1. The highest BCUT2D eigenvalue weighted by atomic mass is 16.6. The molecule has 41 heavy (non-hydrogen) atoms. The maximum Gasteiger partial charge on any atom is 0.408 e. The van der Waals surface area contributed by atoms with Gasteiger partial charge >= 0.3 is 12.1 Å². The number of rotatable bonds is 9. The summed E-state index contributed by atoms with van der Waals surface area (Å²) in [6.07, 6.45) is 9.67. The number of nitrogens with zero attached hydrogens (tertiary/aromatic N) is 4. The van der Waals surface area contributed by atoms with Crippen molar-refractivity contribution in [3.8, 4) is 0 Å². The van der Waals surface area contributed by atoms with Gasteiger partial charge < -0.3 is 30.3 Å². The van der Waals surface area contributed by atoms with Gasteiger partial charge in [-0.25, -0.2) is 14.6 Å². The molecule has 2 aliphatic rings. The van der Waals surface area contributed by atoms with Crippen LogP contribution in [0.3, 0.4) is 0 Å². The first-order valence-corrected chi connectivity index (χ1v) is 14.2. The van der Waals surface area contributed by atoms with Crippen LogP contribution in [0.4, 0.5) is 27.9 Å². The molecule has 2 heterocycles. The van der Waals surface area contributed by atoms with Gasteiger partial charge in [-0.3, -0.25) is 4.79 Å². The second-order valence-corrected chi connectivity index (χ2v) is 11.5. The Kier molecular flexibility index (Phi) is 9.14.